The molecule has 1 saturated heterocycles. The first kappa shape index (κ1) is 23.1. The molecule has 1 amide bonds. The summed E-state index contributed by atoms with van der Waals surface area (Å²) >= 11 is 0. The molecule has 0 spiro atoms. The van der Waals surface area contributed by atoms with Crippen LogP contribution in [0.25, 0.3) is 0 Å². The second-order valence-corrected chi connectivity index (χ2v) is 8.85. The van der Waals surface area contributed by atoms with E-state index in [9.17, 15) is 40.3 Å². The number of alkyl halides is 1. The molecule has 1 unspecified atom stereocenters. The Morgan fingerprint density at radius 2 is 1.71 bits per heavy atom. The average Bonchev–Trinajstić information content (AvgIpc) is 2.87. The predicted molar refractivity (Wildman–Crippen MR) is 99.6 cm³/mol. The molecular weight excluding hydrogens is 447 g/mol. The lowest BCUT2D eigenvalue weighted by Gasteiger charge is -2.22. The number of carbonyl (C=O) groups excluding carboxylic acids is 1. The zero-order chi connectivity index (χ0) is 22.9. The van der Waals surface area contributed by atoms with Gasteiger partial charge in [0.15, 0.2) is 17.5 Å². The van der Waals surface area contributed by atoms with Gasteiger partial charge in [0.25, 0.3) is 5.91 Å². The molecular formula is C19H17F5N2O4S. The summed E-state index contributed by atoms with van der Waals surface area (Å²) in [7, 11) is -4.56. The van der Waals surface area contributed by atoms with Crippen LogP contribution < -0.4 is 5.32 Å². The van der Waals surface area contributed by atoms with Crippen molar-refractivity contribution in [2.75, 3.05) is 18.4 Å². The van der Waals surface area contributed by atoms with Crippen molar-refractivity contribution in [1.29, 1.82) is 0 Å². The molecule has 0 radical (unpaired) electrons. The molecule has 12 heteroatoms. The molecule has 0 saturated carbocycles. The van der Waals surface area contributed by atoms with Crippen LogP contribution in [0.5, 0.6) is 0 Å². The van der Waals surface area contributed by atoms with Gasteiger partial charge in [0.05, 0.1) is 6.10 Å². The Kier molecular flexibility index (Phi) is 6.62. The van der Waals surface area contributed by atoms with Gasteiger partial charge in [-0.15, -0.1) is 0 Å². The fraction of sp³-hybridized carbons (Fsp3) is 0.316. The Bertz CT molecular complexity index is 1090. The first-order valence-electron chi connectivity index (χ1n) is 9.08. The molecule has 0 bridgehead atoms. The van der Waals surface area contributed by atoms with Crippen LogP contribution >= 0.6 is 0 Å². The number of benzene rings is 2. The normalized spacial score (nSPS) is 20.3. The van der Waals surface area contributed by atoms with Gasteiger partial charge < -0.3 is 10.4 Å². The smallest absolute Gasteiger partial charge is 0.255 e. The van der Waals surface area contributed by atoms with Gasteiger partial charge >= 0.3 is 0 Å². The van der Waals surface area contributed by atoms with Crippen LogP contribution in [-0.4, -0.2) is 49.1 Å². The second kappa shape index (κ2) is 8.89. The summed E-state index contributed by atoms with van der Waals surface area (Å²) in [5.41, 5.74) is -0.825. The van der Waals surface area contributed by atoms with Gasteiger partial charge in [-0.05, 0) is 31.0 Å². The number of aliphatic hydroxyl groups excluding tert-OH is 1. The number of hydrogen-bond acceptors (Lipinski definition) is 4. The van der Waals surface area contributed by atoms with Crippen LogP contribution in [0.4, 0.5) is 27.6 Å². The Balaban J connectivity index is 1.90. The molecule has 31 heavy (non-hydrogen) atoms. The number of rotatable bonds is 4. The number of nitrogens with one attached hydrogen (secondary N) is 1. The van der Waals surface area contributed by atoms with Crippen LogP contribution in [0.15, 0.2) is 35.2 Å². The quantitative estimate of drug-likeness (QED) is 0.538. The zero-order valence-corrected chi connectivity index (χ0v) is 16.6. The molecule has 1 aliphatic heterocycles. The highest BCUT2D eigenvalue weighted by molar-refractivity contribution is 7.89. The molecule has 1 aliphatic rings. The Labute approximate surface area is 174 Å². The molecule has 0 aromatic heterocycles. The van der Waals surface area contributed by atoms with E-state index in [-0.39, 0.29) is 24.9 Å². The van der Waals surface area contributed by atoms with Crippen molar-refractivity contribution in [3.8, 4) is 0 Å². The lowest BCUT2D eigenvalue weighted by Crippen LogP contribution is -2.38. The Hall–Kier alpha value is -2.57. The van der Waals surface area contributed by atoms with Gasteiger partial charge in [-0.2, -0.15) is 4.31 Å². The largest absolute Gasteiger partial charge is 0.390 e. The Morgan fingerprint density at radius 1 is 1.06 bits per heavy atom. The van der Waals surface area contributed by atoms with Crippen molar-refractivity contribution in [3.63, 3.8) is 0 Å². The SMILES string of the molecule is O=C(Nc1cc(F)c(F)c(F)c1)c1ccc(F)c(S(=O)(=O)N2CCC[C@H](O)C(F)C2)c1. The minimum absolute atomic E-state index is 0.0307. The second-order valence-electron chi connectivity index (χ2n) is 6.94. The molecule has 3 rings (SSSR count). The number of halogens is 5. The number of carbonyl (C=O) groups is 1. The first-order valence-corrected chi connectivity index (χ1v) is 10.5. The number of aliphatic hydroxyl groups is 1. The van der Waals surface area contributed by atoms with Gasteiger partial charge in [0.2, 0.25) is 10.0 Å². The molecule has 6 nitrogen and oxygen atoms in total. The average molecular weight is 464 g/mol. The minimum Gasteiger partial charge on any atom is -0.390 e. The van der Waals surface area contributed by atoms with E-state index in [1.165, 1.54) is 0 Å². The van der Waals surface area contributed by atoms with Gasteiger partial charge in [-0.3, -0.25) is 4.79 Å². The highest BCUT2D eigenvalue weighted by Crippen LogP contribution is 2.25. The third kappa shape index (κ3) is 4.86. The lowest BCUT2D eigenvalue weighted by atomic mass is 10.1. The van der Waals surface area contributed by atoms with Crippen molar-refractivity contribution in [2.45, 2.75) is 30.0 Å². The molecule has 2 aromatic rings. The summed E-state index contributed by atoms with van der Waals surface area (Å²) in [5, 5.41) is 11.6. The third-order valence-corrected chi connectivity index (χ3v) is 6.64. The van der Waals surface area contributed by atoms with Crippen LogP contribution in [0.3, 0.4) is 0 Å². The standard InChI is InChI=1S/C19H17F5N2O4S/c20-12-4-3-10(19(28)25-11-7-13(21)18(24)14(22)8-11)6-17(12)31(29,30)26-5-1-2-16(27)15(23)9-26/h3-4,6-8,15-16,27H,1-2,5,9H2,(H,25,28)/t15?,16-/m0/s1. The topological polar surface area (TPSA) is 86.7 Å². The van der Waals surface area contributed by atoms with Crippen molar-refractivity contribution in [3.05, 3.63) is 59.2 Å². The van der Waals surface area contributed by atoms with E-state index in [0.29, 0.717) is 28.6 Å². The zero-order valence-electron chi connectivity index (χ0n) is 15.8. The number of amides is 1. The maximum Gasteiger partial charge on any atom is 0.255 e. The fourth-order valence-electron chi connectivity index (χ4n) is 3.10. The van der Waals surface area contributed by atoms with Crippen molar-refractivity contribution in [1.82, 2.24) is 4.31 Å². The third-order valence-electron chi connectivity index (χ3n) is 4.76. The minimum atomic E-state index is -4.56. The maximum atomic E-state index is 14.3. The molecule has 168 valence electrons. The van der Waals surface area contributed by atoms with E-state index in [1.807, 2.05) is 0 Å². The van der Waals surface area contributed by atoms with E-state index in [1.54, 1.807) is 0 Å². The predicted octanol–water partition coefficient (Wildman–Crippen LogP) is 2.98. The number of nitrogens with zero attached hydrogens (tertiary/aromatic N) is 1. The van der Waals surface area contributed by atoms with E-state index in [2.05, 4.69) is 5.32 Å². The Morgan fingerprint density at radius 3 is 2.35 bits per heavy atom. The molecule has 2 N–H and O–H groups in total. The van der Waals surface area contributed by atoms with Gasteiger partial charge in [-0.25, -0.2) is 30.4 Å². The summed E-state index contributed by atoms with van der Waals surface area (Å²) in [4.78, 5) is 11.5. The van der Waals surface area contributed by atoms with E-state index in [0.717, 1.165) is 6.07 Å². The van der Waals surface area contributed by atoms with E-state index < -0.39 is 68.6 Å². The fourth-order valence-corrected chi connectivity index (χ4v) is 4.67. The first-order chi connectivity index (χ1) is 14.5. The highest BCUT2D eigenvalue weighted by atomic mass is 32.2. The van der Waals surface area contributed by atoms with Gasteiger partial charge in [-0.1, -0.05) is 0 Å². The van der Waals surface area contributed by atoms with E-state index in [4.69, 9.17) is 0 Å². The molecule has 2 atom stereocenters. The molecule has 1 heterocycles. The highest BCUT2D eigenvalue weighted by Gasteiger charge is 2.34. The summed E-state index contributed by atoms with van der Waals surface area (Å²) < 4.78 is 94.3. The van der Waals surface area contributed by atoms with Crippen LogP contribution in [-0.2, 0) is 10.0 Å². The molecule has 0 aliphatic carbocycles. The van der Waals surface area contributed by atoms with Crippen molar-refractivity contribution >= 4 is 21.6 Å². The number of hydrogen-bond donors (Lipinski definition) is 2. The van der Waals surface area contributed by atoms with Crippen LogP contribution in [0.2, 0.25) is 0 Å². The summed E-state index contributed by atoms with van der Waals surface area (Å²) in [6, 6.07) is 3.37. The summed E-state index contributed by atoms with van der Waals surface area (Å²) in [6.45, 7) is -0.850. The molecule has 2 aromatic carbocycles. The monoisotopic (exact) mass is 464 g/mol. The van der Waals surface area contributed by atoms with Crippen LogP contribution in [0.1, 0.15) is 23.2 Å². The van der Waals surface area contributed by atoms with Gasteiger partial charge in [0.1, 0.15) is 16.9 Å². The van der Waals surface area contributed by atoms with Crippen LogP contribution in [0, 0.1) is 23.3 Å². The summed E-state index contributed by atoms with van der Waals surface area (Å²) in [5.74, 6) is -7.09. The van der Waals surface area contributed by atoms with Crippen molar-refractivity contribution in [2.24, 2.45) is 0 Å². The van der Waals surface area contributed by atoms with Gasteiger partial charge in [0, 0.05) is 36.5 Å². The number of anilines is 1. The van der Waals surface area contributed by atoms with E-state index >= 15 is 0 Å². The molecule has 1 fully saturated rings. The number of sulfonamides is 1. The lowest BCUT2D eigenvalue weighted by molar-refractivity contribution is 0.0732. The summed E-state index contributed by atoms with van der Waals surface area (Å²) in [6.07, 6.45) is -3.04. The maximum absolute atomic E-state index is 14.3. The van der Waals surface area contributed by atoms with Crippen molar-refractivity contribution < 1.29 is 40.3 Å².